The van der Waals surface area contributed by atoms with Crippen molar-refractivity contribution in [2.24, 2.45) is 16.7 Å². The average molecular weight is 324 g/mol. The van der Waals surface area contributed by atoms with E-state index < -0.39 is 11.5 Å². The van der Waals surface area contributed by atoms with Crippen LogP contribution in [0.4, 0.5) is 0 Å². The highest BCUT2D eigenvalue weighted by atomic mass is 16.5. The summed E-state index contributed by atoms with van der Waals surface area (Å²) in [5.74, 6) is -0.320. The molecule has 23 heavy (non-hydrogen) atoms. The van der Waals surface area contributed by atoms with Gasteiger partial charge in [-0.05, 0) is 18.3 Å². The van der Waals surface area contributed by atoms with E-state index in [9.17, 15) is 14.7 Å². The summed E-state index contributed by atoms with van der Waals surface area (Å²) in [6.45, 7) is 9.53. The number of hydrogen-bond acceptors (Lipinski definition) is 5. The van der Waals surface area contributed by atoms with Gasteiger partial charge in [0.15, 0.2) is 0 Å². The fourth-order valence-electron chi connectivity index (χ4n) is 4.42. The monoisotopic (exact) mass is 324 g/mol. The molecule has 130 valence electrons. The molecule has 1 N–H and O–H groups in total. The van der Waals surface area contributed by atoms with E-state index >= 15 is 0 Å². The minimum Gasteiger partial charge on any atom is -0.390 e. The number of hydrogen-bond donors (Lipinski definition) is 1. The lowest BCUT2D eigenvalue weighted by Gasteiger charge is -2.48. The number of aliphatic hydroxyl groups is 1. The summed E-state index contributed by atoms with van der Waals surface area (Å²) in [5, 5.41) is 10.4. The number of imide groups is 1. The van der Waals surface area contributed by atoms with Crippen molar-refractivity contribution in [1.82, 2.24) is 9.80 Å². The number of carbonyl (C=O) groups excluding carboxylic acids is 2. The summed E-state index contributed by atoms with van der Waals surface area (Å²) in [5.41, 5.74) is -0.795. The Kier molecular flexibility index (Phi) is 4.27. The van der Waals surface area contributed by atoms with Crippen molar-refractivity contribution in [2.45, 2.75) is 39.7 Å². The van der Waals surface area contributed by atoms with Crippen molar-refractivity contribution >= 4 is 11.8 Å². The van der Waals surface area contributed by atoms with Crippen molar-refractivity contribution in [3.8, 4) is 0 Å². The third-order valence-corrected chi connectivity index (χ3v) is 6.47. The maximum atomic E-state index is 12.9. The molecule has 2 amide bonds. The second-order valence-corrected chi connectivity index (χ2v) is 7.97. The number of carbonyl (C=O) groups is 2. The summed E-state index contributed by atoms with van der Waals surface area (Å²) >= 11 is 0. The number of aliphatic hydroxyl groups excluding tert-OH is 1. The second-order valence-electron chi connectivity index (χ2n) is 7.97. The van der Waals surface area contributed by atoms with Crippen LogP contribution in [0.3, 0.4) is 0 Å². The van der Waals surface area contributed by atoms with Crippen molar-refractivity contribution in [3.05, 3.63) is 0 Å². The number of piperidine rings is 1. The normalized spacial score (nSPS) is 35.7. The molecule has 0 spiro atoms. The molecule has 3 atom stereocenters. The van der Waals surface area contributed by atoms with Gasteiger partial charge in [0.25, 0.3) is 0 Å². The average Bonchev–Trinajstić information content (AvgIpc) is 2.70. The maximum Gasteiger partial charge on any atom is 0.235 e. The molecule has 3 rings (SSSR count). The predicted molar refractivity (Wildman–Crippen MR) is 84.6 cm³/mol. The number of rotatable bonds is 4. The zero-order valence-electron chi connectivity index (χ0n) is 14.4. The highest BCUT2D eigenvalue weighted by molar-refractivity contribution is 6.03. The fourth-order valence-corrected chi connectivity index (χ4v) is 4.42. The molecule has 0 aromatic rings. The van der Waals surface area contributed by atoms with Crippen molar-refractivity contribution in [1.29, 1.82) is 0 Å². The Morgan fingerprint density at radius 3 is 2.52 bits per heavy atom. The van der Waals surface area contributed by atoms with Crippen molar-refractivity contribution < 1.29 is 19.4 Å². The van der Waals surface area contributed by atoms with E-state index in [-0.39, 0.29) is 29.7 Å². The molecule has 2 bridgehead atoms. The standard InChI is InChI=1S/C17H28N2O4/c1-16(2)13-4-5-17(16,3)15(22)19(14(13)21)11-12(20)10-18-6-8-23-9-7-18/h12-13,20H,4-11H2,1-3H3/t12-,13+,17-/m1/s1. The largest absolute Gasteiger partial charge is 0.390 e. The number of ether oxygens (including phenoxy) is 1. The molecule has 2 saturated heterocycles. The van der Waals surface area contributed by atoms with Crippen LogP contribution in [0.5, 0.6) is 0 Å². The van der Waals surface area contributed by atoms with Gasteiger partial charge in [-0.1, -0.05) is 20.8 Å². The van der Waals surface area contributed by atoms with Gasteiger partial charge >= 0.3 is 0 Å². The molecular formula is C17H28N2O4. The molecule has 2 heterocycles. The Balaban J connectivity index is 1.68. The zero-order valence-corrected chi connectivity index (χ0v) is 14.4. The van der Waals surface area contributed by atoms with Crippen molar-refractivity contribution in [2.75, 3.05) is 39.4 Å². The van der Waals surface area contributed by atoms with Gasteiger partial charge < -0.3 is 9.84 Å². The zero-order chi connectivity index (χ0) is 16.8. The van der Waals surface area contributed by atoms with Crippen LogP contribution in [0.25, 0.3) is 0 Å². The van der Waals surface area contributed by atoms with Crippen LogP contribution in [-0.2, 0) is 14.3 Å². The van der Waals surface area contributed by atoms with Crippen LogP contribution in [0.15, 0.2) is 0 Å². The first-order chi connectivity index (χ1) is 10.8. The van der Waals surface area contributed by atoms with Gasteiger partial charge in [0.1, 0.15) is 0 Å². The molecule has 0 radical (unpaired) electrons. The topological polar surface area (TPSA) is 70.1 Å². The molecule has 3 aliphatic rings. The molecule has 1 saturated carbocycles. The summed E-state index contributed by atoms with van der Waals surface area (Å²) < 4.78 is 5.30. The Bertz CT molecular complexity index is 501. The first-order valence-corrected chi connectivity index (χ1v) is 8.61. The Morgan fingerprint density at radius 2 is 1.87 bits per heavy atom. The molecule has 0 unspecified atom stereocenters. The SMILES string of the molecule is CC1(C)[C@H]2CC[C@]1(C)C(=O)N(C[C@H](O)CN1CCOCC1)C2=O. The minimum atomic E-state index is -0.704. The smallest absolute Gasteiger partial charge is 0.235 e. The second kappa shape index (κ2) is 5.83. The Labute approximate surface area is 137 Å². The summed E-state index contributed by atoms with van der Waals surface area (Å²) in [4.78, 5) is 29.1. The molecule has 6 nitrogen and oxygen atoms in total. The van der Waals surface area contributed by atoms with E-state index in [1.165, 1.54) is 4.90 Å². The van der Waals surface area contributed by atoms with Gasteiger partial charge in [-0.3, -0.25) is 19.4 Å². The molecule has 0 aromatic heterocycles. The van der Waals surface area contributed by atoms with E-state index in [2.05, 4.69) is 4.90 Å². The van der Waals surface area contributed by atoms with Gasteiger partial charge in [0, 0.05) is 25.6 Å². The van der Waals surface area contributed by atoms with E-state index in [1.54, 1.807) is 0 Å². The van der Waals surface area contributed by atoms with E-state index in [1.807, 2.05) is 20.8 Å². The number of nitrogens with zero attached hydrogens (tertiary/aromatic N) is 2. The number of fused-ring (bicyclic) bond motifs is 2. The number of morpholine rings is 1. The summed E-state index contributed by atoms with van der Waals surface area (Å²) in [7, 11) is 0. The highest BCUT2D eigenvalue weighted by Crippen LogP contribution is 2.59. The van der Waals surface area contributed by atoms with Gasteiger partial charge in [0.05, 0.1) is 31.3 Å². The highest BCUT2D eigenvalue weighted by Gasteiger charge is 2.64. The first kappa shape index (κ1) is 16.9. The van der Waals surface area contributed by atoms with E-state index in [0.717, 1.165) is 25.9 Å². The van der Waals surface area contributed by atoms with Crippen LogP contribution in [-0.4, -0.2) is 72.2 Å². The van der Waals surface area contributed by atoms with Crippen LogP contribution >= 0.6 is 0 Å². The number of amides is 2. The van der Waals surface area contributed by atoms with Gasteiger partial charge in [-0.2, -0.15) is 0 Å². The van der Waals surface area contributed by atoms with Crippen LogP contribution in [0, 0.1) is 16.7 Å². The Hall–Kier alpha value is -0.980. The van der Waals surface area contributed by atoms with Gasteiger partial charge in [-0.25, -0.2) is 0 Å². The fraction of sp³-hybridized carbons (Fsp3) is 0.882. The van der Waals surface area contributed by atoms with Crippen LogP contribution in [0.1, 0.15) is 33.6 Å². The van der Waals surface area contributed by atoms with Gasteiger partial charge in [-0.15, -0.1) is 0 Å². The molecule has 3 fully saturated rings. The predicted octanol–water partition coefficient (Wildman–Crippen LogP) is 0.491. The molecule has 2 aliphatic heterocycles. The third kappa shape index (κ3) is 2.61. The summed E-state index contributed by atoms with van der Waals surface area (Å²) in [6.07, 6.45) is 0.820. The van der Waals surface area contributed by atoms with Crippen molar-refractivity contribution in [3.63, 3.8) is 0 Å². The van der Waals surface area contributed by atoms with E-state index in [0.29, 0.717) is 19.8 Å². The quantitative estimate of drug-likeness (QED) is 0.762. The first-order valence-electron chi connectivity index (χ1n) is 8.61. The lowest BCUT2D eigenvalue weighted by molar-refractivity contribution is -0.169. The van der Waals surface area contributed by atoms with Crippen LogP contribution in [0.2, 0.25) is 0 Å². The number of likely N-dealkylation sites (tertiary alicyclic amines) is 1. The lowest BCUT2D eigenvalue weighted by atomic mass is 9.62. The summed E-state index contributed by atoms with van der Waals surface area (Å²) in [6, 6.07) is 0. The molecule has 6 heteroatoms. The minimum absolute atomic E-state index is 0.101. The molecular weight excluding hydrogens is 296 g/mol. The van der Waals surface area contributed by atoms with E-state index in [4.69, 9.17) is 4.74 Å². The van der Waals surface area contributed by atoms with Gasteiger partial charge in [0.2, 0.25) is 11.8 Å². The number of β-amino-alcohol motifs (C(OH)–C–C–N with tert-alkyl or cyclic N) is 1. The maximum absolute atomic E-state index is 12.9. The van der Waals surface area contributed by atoms with Crippen LogP contribution < -0.4 is 0 Å². The lowest BCUT2D eigenvalue weighted by Crippen LogP contribution is -2.61. The molecule has 0 aromatic carbocycles. The molecule has 1 aliphatic carbocycles. The Morgan fingerprint density at radius 1 is 1.22 bits per heavy atom. The third-order valence-electron chi connectivity index (χ3n) is 6.47.